The molecule has 0 fully saturated rings. The van der Waals surface area contributed by atoms with Gasteiger partial charge in [-0.1, -0.05) is 103 Å². The Kier molecular flexibility index (Phi) is 15.4. The Bertz CT molecular complexity index is 401. The van der Waals surface area contributed by atoms with Gasteiger partial charge in [-0.25, -0.2) is 4.39 Å². The van der Waals surface area contributed by atoms with E-state index in [9.17, 15) is 4.39 Å². The molecule has 0 saturated carbocycles. The molecule has 0 saturated heterocycles. The lowest BCUT2D eigenvalue weighted by atomic mass is 10.0. The predicted molar refractivity (Wildman–Crippen MR) is 111 cm³/mol. The molecule has 1 aromatic carbocycles. The molecule has 2 heteroatoms. The average molecular weight is 365 g/mol. The van der Waals surface area contributed by atoms with Crippen LogP contribution in [0.1, 0.15) is 110 Å². The quantitative estimate of drug-likeness (QED) is 0.237. The molecule has 0 atom stereocenters. The van der Waals surface area contributed by atoms with Gasteiger partial charge in [0.1, 0.15) is 11.6 Å². The highest BCUT2D eigenvalue weighted by molar-refractivity contribution is 5.21. The molecule has 1 rings (SSSR count). The van der Waals surface area contributed by atoms with Crippen molar-refractivity contribution in [2.45, 2.75) is 110 Å². The smallest absolute Gasteiger partial charge is 0.123 e. The van der Waals surface area contributed by atoms with Gasteiger partial charge in [-0.3, -0.25) is 0 Å². The summed E-state index contributed by atoms with van der Waals surface area (Å²) in [4.78, 5) is 0. The van der Waals surface area contributed by atoms with Gasteiger partial charge in [0.25, 0.3) is 0 Å². The third kappa shape index (κ3) is 14.2. The number of hydrogen-bond donors (Lipinski definition) is 0. The molecule has 0 unspecified atom stereocenters. The van der Waals surface area contributed by atoms with Crippen molar-refractivity contribution in [2.24, 2.45) is 0 Å². The summed E-state index contributed by atoms with van der Waals surface area (Å²) in [6, 6.07) is 6.29. The van der Waals surface area contributed by atoms with Crippen LogP contribution in [0.25, 0.3) is 0 Å². The van der Waals surface area contributed by atoms with E-state index in [1.807, 2.05) is 0 Å². The topological polar surface area (TPSA) is 9.23 Å². The Morgan fingerprint density at radius 2 is 0.962 bits per heavy atom. The Hall–Kier alpha value is -1.05. The maximum absolute atomic E-state index is 12.8. The molecular formula is C24H41FO. The van der Waals surface area contributed by atoms with Crippen LogP contribution >= 0.6 is 0 Å². The number of benzene rings is 1. The normalized spacial score (nSPS) is 11.0. The van der Waals surface area contributed by atoms with Gasteiger partial charge in [-0.05, 0) is 30.7 Å². The summed E-state index contributed by atoms with van der Waals surface area (Å²) in [5.41, 5.74) is 0. The van der Waals surface area contributed by atoms with Gasteiger partial charge >= 0.3 is 0 Å². The first-order valence-electron chi connectivity index (χ1n) is 11.2. The van der Waals surface area contributed by atoms with Crippen LogP contribution in [0.4, 0.5) is 4.39 Å². The molecule has 26 heavy (non-hydrogen) atoms. The lowest BCUT2D eigenvalue weighted by Gasteiger charge is -2.06. The number of halogens is 1. The molecule has 1 nitrogen and oxygen atoms in total. The van der Waals surface area contributed by atoms with Crippen molar-refractivity contribution >= 4 is 0 Å². The lowest BCUT2D eigenvalue weighted by Crippen LogP contribution is -1.97. The fourth-order valence-corrected chi connectivity index (χ4v) is 3.37. The molecule has 0 amide bonds. The van der Waals surface area contributed by atoms with E-state index in [0.717, 1.165) is 18.8 Å². The largest absolute Gasteiger partial charge is 0.494 e. The number of ether oxygens (including phenoxy) is 1. The molecule has 0 N–H and O–H groups in total. The monoisotopic (exact) mass is 364 g/mol. The summed E-state index contributed by atoms with van der Waals surface area (Å²) in [5, 5.41) is 0. The number of rotatable bonds is 18. The molecule has 0 bridgehead atoms. The first kappa shape index (κ1) is 23.0. The second kappa shape index (κ2) is 17.4. The second-order valence-electron chi connectivity index (χ2n) is 7.61. The number of hydrogen-bond acceptors (Lipinski definition) is 1. The summed E-state index contributed by atoms with van der Waals surface area (Å²) >= 11 is 0. The number of unbranched alkanes of at least 4 members (excludes halogenated alkanes) is 15. The van der Waals surface area contributed by atoms with Crippen molar-refractivity contribution in [1.82, 2.24) is 0 Å². The van der Waals surface area contributed by atoms with Crippen molar-refractivity contribution in [3.63, 3.8) is 0 Å². The van der Waals surface area contributed by atoms with E-state index in [2.05, 4.69) is 6.92 Å². The van der Waals surface area contributed by atoms with Gasteiger partial charge in [0, 0.05) is 0 Å². The summed E-state index contributed by atoms with van der Waals surface area (Å²) in [6.07, 6.45) is 22.1. The minimum absolute atomic E-state index is 0.209. The zero-order chi connectivity index (χ0) is 18.7. The van der Waals surface area contributed by atoms with E-state index in [1.54, 1.807) is 12.1 Å². The maximum atomic E-state index is 12.8. The van der Waals surface area contributed by atoms with Crippen LogP contribution < -0.4 is 4.74 Å². The molecule has 0 aromatic heterocycles. The zero-order valence-electron chi connectivity index (χ0n) is 17.1. The lowest BCUT2D eigenvalue weighted by molar-refractivity contribution is 0.304. The minimum atomic E-state index is -0.209. The summed E-state index contributed by atoms with van der Waals surface area (Å²) in [6.45, 7) is 3.02. The van der Waals surface area contributed by atoms with Gasteiger partial charge in [0.15, 0.2) is 0 Å². The first-order valence-corrected chi connectivity index (χ1v) is 11.2. The van der Waals surface area contributed by atoms with Crippen LogP contribution in [0.5, 0.6) is 5.75 Å². The highest BCUT2D eigenvalue weighted by Gasteiger charge is 1.96. The van der Waals surface area contributed by atoms with E-state index in [4.69, 9.17) is 4.74 Å². The van der Waals surface area contributed by atoms with E-state index in [0.29, 0.717) is 0 Å². The van der Waals surface area contributed by atoms with Gasteiger partial charge in [-0.2, -0.15) is 0 Å². The Morgan fingerprint density at radius 1 is 0.577 bits per heavy atom. The molecule has 150 valence electrons. The van der Waals surface area contributed by atoms with Crippen LogP contribution in [0.15, 0.2) is 24.3 Å². The molecular weight excluding hydrogens is 323 g/mol. The van der Waals surface area contributed by atoms with Gasteiger partial charge < -0.3 is 4.74 Å². The standard InChI is InChI=1S/C24H41FO/c1-2-3-4-5-6-7-8-9-10-11-12-13-14-15-16-17-22-26-24-20-18-23(25)19-21-24/h18-21H,2-17,22H2,1H3. The van der Waals surface area contributed by atoms with Crippen molar-refractivity contribution in [3.05, 3.63) is 30.1 Å². The van der Waals surface area contributed by atoms with Crippen molar-refractivity contribution in [3.8, 4) is 5.75 Å². The molecule has 0 aliphatic rings. The summed E-state index contributed by atoms with van der Waals surface area (Å²) in [5.74, 6) is 0.562. The highest BCUT2D eigenvalue weighted by Crippen LogP contribution is 2.14. The highest BCUT2D eigenvalue weighted by atomic mass is 19.1. The third-order valence-corrected chi connectivity index (χ3v) is 5.08. The average Bonchev–Trinajstić information content (AvgIpc) is 2.66. The van der Waals surface area contributed by atoms with Gasteiger partial charge in [0.2, 0.25) is 0 Å². The Morgan fingerprint density at radius 3 is 1.38 bits per heavy atom. The van der Waals surface area contributed by atoms with Crippen LogP contribution in [0.2, 0.25) is 0 Å². The first-order chi connectivity index (χ1) is 12.8. The van der Waals surface area contributed by atoms with Crippen LogP contribution in [0.3, 0.4) is 0 Å². The molecule has 0 aliphatic carbocycles. The summed E-state index contributed by atoms with van der Waals surface area (Å²) in [7, 11) is 0. The SMILES string of the molecule is CCCCCCCCCCCCCCCCCCOc1ccc(F)cc1. The fraction of sp³-hybridized carbons (Fsp3) is 0.750. The van der Waals surface area contributed by atoms with E-state index >= 15 is 0 Å². The van der Waals surface area contributed by atoms with Crippen LogP contribution in [-0.4, -0.2) is 6.61 Å². The predicted octanol–water partition coefficient (Wildman–Crippen LogP) is 8.47. The third-order valence-electron chi connectivity index (χ3n) is 5.08. The van der Waals surface area contributed by atoms with Crippen molar-refractivity contribution in [2.75, 3.05) is 6.61 Å². The minimum Gasteiger partial charge on any atom is -0.494 e. The Labute approximate surface area is 161 Å². The molecule has 1 aromatic rings. The zero-order valence-corrected chi connectivity index (χ0v) is 17.1. The molecule has 0 aliphatic heterocycles. The van der Waals surface area contributed by atoms with E-state index in [1.165, 1.54) is 108 Å². The summed E-state index contributed by atoms with van der Waals surface area (Å²) < 4.78 is 18.4. The van der Waals surface area contributed by atoms with Crippen LogP contribution in [-0.2, 0) is 0 Å². The molecule has 0 heterocycles. The van der Waals surface area contributed by atoms with Crippen molar-refractivity contribution in [1.29, 1.82) is 0 Å². The van der Waals surface area contributed by atoms with E-state index in [-0.39, 0.29) is 5.82 Å². The fourth-order valence-electron chi connectivity index (χ4n) is 3.37. The second-order valence-corrected chi connectivity index (χ2v) is 7.61. The van der Waals surface area contributed by atoms with Gasteiger partial charge in [0.05, 0.1) is 6.61 Å². The van der Waals surface area contributed by atoms with Crippen LogP contribution in [0, 0.1) is 5.82 Å². The Balaban J connectivity index is 1.72. The maximum Gasteiger partial charge on any atom is 0.123 e. The van der Waals surface area contributed by atoms with E-state index < -0.39 is 0 Å². The van der Waals surface area contributed by atoms with Crippen molar-refractivity contribution < 1.29 is 9.13 Å². The molecule has 0 radical (unpaired) electrons. The molecule has 0 spiro atoms. The van der Waals surface area contributed by atoms with Gasteiger partial charge in [-0.15, -0.1) is 0 Å².